The monoisotopic (exact) mass is 516 g/mol. The van der Waals surface area contributed by atoms with E-state index in [0.29, 0.717) is 29.5 Å². The Morgan fingerprint density at radius 1 is 1.10 bits per heavy atom. The minimum absolute atomic E-state index is 0.0950. The van der Waals surface area contributed by atoms with Gasteiger partial charge in [0.2, 0.25) is 0 Å². The zero-order valence-corrected chi connectivity index (χ0v) is 18.7. The third kappa shape index (κ3) is 4.33. The summed E-state index contributed by atoms with van der Waals surface area (Å²) in [6, 6.07) is 19.2. The van der Waals surface area contributed by atoms with Crippen molar-refractivity contribution in [3.8, 4) is 11.5 Å². The molecule has 3 aromatic carbocycles. The number of methoxy groups -OCH3 is 1. The number of rotatable bonds is 5. The Morgan fingerprint density at radius 2 is 1.86 bits per heavy atom. The molecule has 0 radical (unpaired) electrons. The van der Waals surface area contributed by atoms with Gasteiger partial charge in [0.1, 0.15) is 6.61 Å². The predicted octanol–water partition coefficient (Wildman–Crippen LogP) is 6.35. The van der Waals surface area contributed by atoms with E-state index in [1.807, 2.05) is 66.7 Å². The molecule has 0 aromatic heterocycles. The molecule has 29 heavy (non-hydrogen) atoms. The standard InChI is InChI=1S/C24H18ClIO3/c1-28-22-12-16(10-18-13-17-4-2-3-5-20(17)23(18)27)11-21(26)24(22)29-14-15-6-8-19(25)9-7-15/h2-12H,13-14H2,1H3/b18-10+. The van der Waals surface area contributed by atoms with E-state index in [9.17, 15) is 4.79 Å². The molecule has 146 valence electrons. The molecule has 0 N–H and O–H groups in total. The van der Waals surface area contributed by atoms with Gasteiger partial charge in [0.15, 0.2) is 17.3 Å². The normalized spacial score (nSPS) is 14.2. The Balaban J connectivity index is 1.58. The first-order chi connectivity index (χ1) is 14.0. The van der Waals surface area contributed by atoms with Crippen LogP contribution in [-0.2, 0) is 13.0 Å². The summed E-state index contributed by atoms with van der Waals surface area (Å²) < 4.78 is 12.5. The van der Waals surface area contributed by atoms with Gasteiger partial charge in [-0.3, -0.25) is 4.79 Å². The van der Waals surface area contributed by atoms with Crippen molar-refractivity contribution in [2.45, 2.75) is 13.0 Å². The maximum absolute atomic E-state index is 12.7. The molecule has 3 aromatic rings. The summed E-state index contributed by atoms with van der Waals surface area (Å²) >= 11 is 8.17. The molecule has 0 unspecified atom stereocenters. The number of ketones is 1. The average molecular weight is 517 g/mol. The van der Waals surface area contributed by atoms with Gasteiger partial charge in [-0.1, -0.05) is 48.0 Å². The summed E-state index contributed by atoms with van der Waals surface area (Å²) in [6.45, 7) is 0.414. The molecule has 0 aliphatic heterocycles. The van der Waals surface area contributed by atoms with E-state index in [0.717, 1.165) is 31.4 Å². The van der Waals surface area contributed by atoms with Gasteiger partial charge in [-0.25, -0.2) is 0 Å². The number of fused-ring (bicyclic) bond motifs is 1. The maximum Gasteiger partial charge on any atom is 0.189 e. The van der Waals surface area contributed by atoms with Crippen LogP contribution in [0.3, 0.4) is 0 Å². The minimum atomic E-state index is 0.0950. The van der Waals surface area contributed by atoms with Crippen molar-refractivity contribution in [2.24, 2.45) is 0 Å². The molecule has 1 aliphatic carbocycles. The lowest BCUT2D eigenvalue weighted by Crippen LogP contribution is -2.00. The van der Waals surface area contributed by atoms with Gasteiger partial charge in [-0.05, 0) is 69.6 Å². The van der Waals surface area contributed by atoms with Gasteiger partial charge in [0, 0.05) is 22.6 Å². The van der Waals surface area contributed by atoms with Crippen LogP contribution in [0.4, 0.5) is 0 Å². The Hall–Kier alpha value is -2.31. The van der Waals surface area contributed by atoms with Crippen LogP contribution in [-0.4, -0.2) is 12.9 Å². The number of benzene rings is 3. The fourth-order valence-electron chi connectivity index (χ4n) is 3.37. The third-order valence-corrected chi connectivity index (χ3v) is 5.88. The van der Waals surface area contributed by atoms with Crippen molar-refractivity contribution in [1.29, 1.82) is 0 Å². The van der Waals surface area contributed by atoms with E-state index in [1.54, 1.807) is 7.11 Å². The van der Waals surface area contributed by atoms with E-state index < -0.39 is 0 Å². The molecule has 1 aliphatic rings. The lowest BCUT2D eigenvalue weighted by molar-refractivity contribution is 0.104. The second-order valence-corrected chi connectivity index (χ2v) is 8.38. The van der Waals surface area contributed by atoms with Gasteiger partial charge in [-0.2, -0.15) is 0 Å². The molecule has 0 amide bonds. The zero-order chi connectivity index (χ0) is 20.4. The molecule has 0 fully saturated rings. The van der Waals surface area contributed by atoms with E-state index in [4.69, 9.17) is 21.1 Å². The molecule has 3 nitrogen and oxygen atoms in total. The van der Waals surface area contributed by atoms with Crippen molar-refractivity contribution in [1.82, 2.24) is 0 Å². The lowest BCUT2D eigenvalue weighted by Gasteiger charge is -2.14. The third-order valence-electron chi connectivity index (χ3n) is 4.82. The molecule has 0 bridgehead atoms. The zero-order valence-electron chi connectivity index (χ0n) is 15.7. The number of ether oxygens (including phenoxy) is 2. The molecule has 0 atom stereocenters. The first-order valence-corrected chi connectivity index (χ1v) is 10.6. The van der Waals surface area contributed by atoms with Gasteiger partial charge in [0.25, 0.3) is 0 Å². The fourth-order valence-corrected chi connectivity index (χ4v) is 4.28. The fraction of sp³-hybridized carbons (Fsp3) is 0.125. The summed E-state index contributed by atoms with van der Waals surface area (Å²) in [6.07, 6.45) is 2.60. The molecule has 0 heterocycles. The van der Waals surface area contributed by atoms with E-state index >= 15 is 0 Å². The Bertz CT molecular complexity index is 1100. The number of Topliss-reactive ketones (excluding diaryl/α,β-unsaturated/α-hetero) is 1. The van der Waals surface area contributed by atoms with Crippen LogP contribution in [0.15, 0.2) is 66.2 Å². The van der Waals surface area contributed by atoms with Crippen LogP contribution in [0.1, 0.15) is 27.0 Å². The van der Waals surface area contributed by atoms with Crippen molar-refractivity contribution in [3.63, 3.8) is 0 Å². The number of allylic oxidation sites excluding steroid dienone is 1. The predicted molar refractivity (Wildman–Crippen MR) is 124 cm³/mol. The summed E-state index contributed by atoms with van der Waals surface area (Å²) in [5, 5.41) is 0.696. The highest BCUT2D eigenvalue weighted by Gasteiger charge is 2.24. The summed E-state index contributed by atoms with van der Waals surface area (Å²) in [5.41, 5.74) is 4.60. The lowest BCUT2D eigenvalue weighted by atomic mass is 10.1. The number of halogens is 2. The van der Waals surface area contributed by atoms with Gasteiger partial charge in [0.05, 0.1) is 10.7 Å². The number of hydrogen-bond acceptors (Lipinski definition) is 3. The van der Waals surface area contributed by atoms with Crippen LogP contribution < -0.4 is 9.47 Å². The molecule has 4 rings (SSSR count). The van der Waals surface area contributed by atoms with Crippen LogP contribution in [0.25, 0.3) is 6.08 Å². The molecular formula is C24H18ClIO3. The van der Waals surface area contributed by atoms with Gasteiger partial charge in [-0.15, -0.1) is 0 Å². The summed E-state index contributed by atoms with van der Waals surface area (Å²) in [7, 11) is 1.62. The Labute approximate surface area is 188 Å². The SMILES string of the molecule is COc1cc(/C=C2\Cc3ccccc3C2=O)cc(I)c1OCc1ccc(Cl)cc1. The maximum atomic E-state index is 12.7. The first kappa shape index (κ1) is 20.0. The van der Waals surface area contributed by atoms with Crippen molar-refractivity contribution >= 4 is 46.1 Å². The van der Waals surface area contributed by atoms with Gasteiger partial charge < -0.3 is 9.47 Å². The second kappa shape index (κ2) is 8.59. The number of carbonyl (C=O) groups is 1. The quantitative estimate of drug-likeness (QED) is 0.293. The number of hydrogen-bond donors (Lipinski definition) is 0. The van der Waals surface area contributed by atoms with Gasteiger partial charge >= 0.3 is 0 Å². The van der Waals surface area contributed by atoms with Crippen molar-refractivity contribution in [2.75, 3.05) is 7.11 Å². The van der Waals surface area contributed by atoms with E-state index in [-0.39, 0.29) is 5.78 Å². The Morgan fingerprint density at radius 3 is 2.59 bits per heavy atom. The highest BCUT2D eigenvalue weighted by atomic mass is 127. The van der Waals surface area contributed by atoms with Crippen molar-refractivity contribution < 1.29 is 14.3 Å². The average Bonchev–Trinajstić information content (AvgIpc) is 3.04. The molecular weight excluding hydrogens is 499 g/mol. The molecule has 0 saturated carbocycles. The van der Waals surface area contributed by atoms with E-state index in [1.165, 1.54) is 0 Å². The summed E-state index contributed by atoms with van der Waals surface area (Å²) in [5.74, 6) is 1.42. The largest absolute Gasteiger partial charge is 0.493 e. The molecule has 0 spiro atoms. The van der Waals surface area contributed by atoms with Crippen molar-refractivity contribution in [3.05, 3.63) is 97.1 Å². The highest BCUT2D eigenvalue weighted by Crippen LogP contribution is 2.36. The molecule has 5 heteroatoms. The first-order valence-electron chi connectivity index (χ1n) is 9.13. The summed E-state index contributed by atoms with van der Waals surface area (Å²) in [4.78, 5) is 12.7. The second-order valence-electron chi connectivity index (χ2n) is 6.78. The van der Waals surface area contributed by atoms with Crippen LogP contribution >= 0.6 is 34.2 Å². The number of carbonyl (C=O) groups excluding carboxylic acids is 1. The Kier molecular flexibility index (Phi) is 5.92. The molecule has 0 saturated heterocycles. The van der Waals surface area contributed by atoms with Crippen LogP contribution in [0.5, 0.6) is 11.5 Å². The smallest absolute Gasteiger partial charge is 0.189 e. The minimum Gasteiger partial charge on any atom is -0.493 e. The topological polar surface area (TPSA) is 35.5 Å². The van der Waals surface area contributed by atoms with Crippen LogP contribution in [0.2, 0.25) is 5.02 Å². The van der Waals surface area contributed by atoms with Crippen LogP contribution in [0, 0.1) is 3.57 Å². The highest BCUT2D eigenvalue weighted by molar-refractivity contribution is 14.1. The van der Waals surface area contributed by atoms with E-state index in [2.05, 4.69) is 22.6 Å².